The SMILES string of the molecule is COc1ccc([N+](=O)[O-])cc1-n1c(C)cc([C@@H]2[C@H](c3ccccn3)NC(=S)N2c2ccc(Oc3ccc(C)cc3)cc2)c1C. The standard InChI is InChI=1S/C34H31N5O4S/c1-21-8-13-26(14-9-21)43-27-15-10-24(11-16-27)38-33(32(36-34(38)44)29-7-5-6-18-35-29)28-19-22(2)37(23(28)3)30-20-25(39(40)41)12-17-31(30)42-4/h5-20,32-33H,1-4H3,(H,36,44)/t32-,33+/m0/s1. The lowest BCUT2D eigenvalue weighted by Crippen LogP contribution is -2.29. The van der Waals surface area contributed by atoms with Crippen molar-refractivity contribution in [2.75, 3.05) is 12.0 Å². The Morgan fingerprint density at radius 1 is 0.932 bits per heavy atom. The second-order valence-electron chi connectivity index (χ2n) is 10.7. The van der Waals surface area contributed by atoms with Gasteiger partial charge in [-0.3, -0.25) is 15.1 Å². The molecule has 1 saturated heterocycles. The number of rotatable bonds is 8. The molecule has 0 saturated carbocycles. The van der Waals surface area contributed by atoms with E-state index in [0.717, 1.165) is 34.1 Å². The second-order valence-corrected chi connectivity index (χ2v) is 11.1. The van der Waals surface area contributed by atoms with Crippen LogP contribution in [0.15, 0.2) is 97.2 Å². The molecule has 10 heteroatoms. The van der Waals surface area contributed by atoms with Crippen LogP contribution >= 0.6 is 12.2 Å². The zero-order chi connectivity index (χ0) is 31.0. The summed E-state index contributed by atoms with van der Waals surface area (Å²) in [5, 5.41) is 15.7. The molecule has 5 aromatic rings. The highest BCUT2D eigenvalue weighted by Gasteiger charge is 2.42. The van der Waals surface area contributed by atoms with E-state index in [-0.39, 0.29) is 17.8 Å². The van der Waals surface area contributed by atoms with Gasteiger partial charge >= 0.3 is 0 Å². The number of hydrogen-bond acceptors (Lipinski definition) is 6. The van der Waals surface area contributed by atoms with Crippen LogP contribution < -0.4 is 19.7 Å². The van der Waals surface area contributed by atoms with Gasteiger partial charge in [0.05, 0.1) is 35.5 Å². The second kappa shape index (κ2) is 11.8. The van der Waals surface area contributed by atoms with Gasteiger partial charge in [-0.25, -0.2) is 0 Å². The van der Waals surface area contributed by atoms with Gasteiger partial charge < -0.3 is 24.3 Å². The fourth-order valence-electron chi connectivity index (χ4n) is 5.79. The number of nitro groups is 1. The molecular formula is C34H31N5O4S. The molecule has 6 rings (SSSR count). The van der Waals surface area contributed by atoms with Crippen molar-refractivity contribution in [1.82, 2.24) is 14.9 Å². The molecule has 44 heavy (non-hydrogen) atoms. The summed E-state index contributed by atoms with van der Waals surface area (Å²) in [6, 6.07) is 27.8. The highest BCUT2D eigenvalue weighted by molar-refractivity contribution is 7.80. The lowest BCUT2D eigenvalue weighted by atomic mass is 9.96. The van der Waals surface area contributed by atoms with Crippen LogP contribution in [0, 0.1) is 30.9 Å². The Morgan fingerprint density at radius 3 is 2.27 bits per heavy atom. The van der Waals surface area contributed by atoms with Gasteiger partial charge in [0.1, 0.15) is 17.2 Å². The first-order valence-corrected chi connectivity index (χ1v) is 14.5. The summed E-state index contributed by atoms with van der Waals surface area (Å²) in [7, 11) is 1.56. The number of pyridine rings is 1. The maximum atomic E-state index is 11.7. The van der Waals surface area contributed by atoms with Crippen LogP contribution in [0.25, 0.3) is 5.69 Å². The van der Waals surface area contributed by atoms with Crippen molar-refractivity contribution in [2.45, 2.75) is 32.9 Å². The predicted molar refractivity (Wildman–Crippen MR) is 174 cm³/mol. The highest BCUT2D eigenvalue weighted by atomic mass is 32.1. The Labute approximate surface area is 260 Å². The van der Waals surface area contributed by atoms with E-state index < -0.39 is 4.92 Å². The van der Waals surface area contributed by atoms with Gasteiger partial charge in [-0.05, 0) is 99.2 Å². The molecule has 1 N–H and O–H groups in total. The third-order valence-corrected chi connectivity index (χ3v) is 8.19. The van der Waals surface area contributed by atoms with Crippen molar-refractivity contribution in [1.29, 1.82) is 0 Å². The predicted octanol–water partition coefficient (Wildman–Crippen LogP) is 7.68. The van der Waals surface area contributed by atoms with Gasteiger partial charge in [0.25, 0.3) is 5.69 Å². The molecule has 3 heterocycles. The van der Waals surface area contributed by atoms with Crippen LogP contribution in [-0.4, -0.2) is 26.7 Å². The van der Waals surface area contributed by atoms with Crippen molar-refractivity contribution in [3.05, 3.63) is 136 Å². The third-order valence-electron chi connectivity index (χ3n) is 7.87. The van der Waals surface area contributed by atoms with Gasteiger partial charge in [0.2, 0.25) is 0 Å². The van der Waals surface area contributed by atoms with Crippen molar-refractivity contribution >= 4 is 28.7 Å². The van der Waals surface area contributed by atoms with Crippen molar-refractivity contribution in [3.8, 4) is 22.9 Å². The number of nitrogens with one attached hydrogen (secondary N) is 1. The summed E-state index contributed by atoms with van der Waals surface area (Å²) in [6.45, 7) is 6.03. The topological polar surface area (TPSA) is 94.7 Å². The Bertz CT molecular complexity index is 1840. The van der Waals surface area contributed by atoms with Crippen LogP contribution in [-0.2, 0) is 0 Å². The maximum Gasteiger partial charge on any atom is 0.271 e. The molecule has 1 fully saturated rings. The molecular weight excluding hydrogens is 574 g/mol. The zero-order valence-corrected chi connectivity index (χ0v) is 25.5. The Kier molecular flexibility index (Phi) is 7.75. The van der Waals surface area contributed by atoms with E-state index in [4.69, 9.17) is 21.7 Å². The number of benzene rings is 3. The maximum absolute atomic E-state index is 11.7. The summed E-state index contributed by atoms with van der Waals surface area (Å²) in [5.41, 5.74) is 6.28. The molecule has 0 amide bonds. The normalized spacial score (nSPS) is 16.1. The van der Waals surface area contributed by atoms with E-state index in [1.54, 1.807) is 25.4 Å². The van der Waals surface area contributed by atoms with Gasteiger partial charge in [-0.15, -0.1) is 0 Å². The number of ether oxygens (including phenoxy) is 2. The first-order valence-electron chi connectivity index (χ1n) is 14.1. The molecule has 1 aliphatic rings. The average molecular weight is 606 g/mol. The minimum absolute atomic E-state index is 0.0144. The monoisotopic (exact) mass is 605 g/mol. The third kappa shape index (κ3) is 5.35. The molecule has 2 aromatic heterocycles. The molecule has 0 bridgehead atoms. The average Bonchev–Trinajstić information content (AvgIpc) is 3.53. The zero-order valence-electron chi connectivity index (χ0n) is 24.7. The largest absolute Gasteiger partial charge is 0.495 e. The number of hydrogen-bond donors (Lipinski definition) is 1. The van der Waals surface area contributed by atoms with Crippen LogP contribution in [0.3, 0.4) is 0 Å². The van der Waals surface area contributed by atoms with Crippen molar-refractivity contribution < 1.29 is 14.4 Å². The number of nitrogens with zero attached hydrogens (tertiary/aromatic N) is 4. The Morgan fingerprint density at radius 2 is 1.64 bits per heavy atom. The van der Waals surface area contributed by atoms with Crippen LogP contribution in [0.1, 0.15) is 40.3 Å². The first kappa shape index (κ1) is 28.9. The first-order chi connectivity index (χ1) is 21.2. The molecule has 0 spiro atoms. The molecule has 0 aliphatic carbocycles. The smallest absolute Gasteiger partial charge is 0.271 e. The summed E-state index contributed by atoms with van der Waals surface area (Å²) in [6.07, 6.45) is 1.77. The fraction of sp³-hybridized carbons (Fsp3) is 0.176. The van der Waals surface area contributed by atoms with E-state index in [0.29, 0.717) is 22.3 Å². The van der Waals surface area contributed by atoms with Gasteiger partial charge in [-0.1, -0.05) is 23.8 Å². The molecule has 2 atom stereocenters. The Balaban J connectivity index is 1.44. The molecule has 3 aromatic carbocycles. The van der Waals surface area contributed by atoms with Crippen molar-refractivity contribution in [3.63, 3.8) is 0 Å². The molecule has 9 nitrogen and oxygen atoms in total. The molecule has 1 aliphatic heterocycles. The lowest BCUT2D eigenvalue weighted by molar-refractivity contribution is -0.384. The van der Waals surface area contributed by atoms with Crippen LogP contribution in [0.5, 0.6) is 17.2 Å². The highest BCUT2D eigenvalue weighted by Crippen LogP contribution is 2.45. The van der Waals surface area contributed by atoms with Gasteiger partial charge in [0.15, 0.2) is 5.11 Å². The summed E-state index contributed by atoms with van der Waals surface area (Å²) in [5.74, 6) is 2.01. The lowest BCUT2D eigenvalue weighted by Gasteiger charge is -2.28. The number of non-ortho nitro benzene ring substituents is 1. The summed E-state index contributed by atoms with van der Waals surface area (Å²) < 4.78 is 13.7. The summed E-state index contributed by atoms with van der Waals surface area (Å²) >= 11 is 5.94. The van der Waals surface area contributed by atoms with Crippen LogP contribution in [0.4, 0.5) is 11.4 Å². The quantitative estimate of drug-likeness (QED) is 0.109. The van der Waals surface area contributed by atoms with E-state index in [1.165, 1.54) is 11.6 Å². The van der Waals surface area contributed by atoms with Gasteiger partial charge in [-0.2, -0.15) is 0 Å². The Hall–Kier alpha value is -5.22. The molecule has 222 valence electrons. The van der Waals surface area contributed by atoms with E-state index in [1.807, 2.05) is 92.1 Å². The minimum Gasteiger partial charge on any atom is -0.495 e. The number of thiocarbonyl (C=S) groups is 1. The van der Waals surface area contributed by atoms with Crippen molar-refractivity contribution in [2.24, 2.45) is 0 Å². The summed E-state index contributed by atoms with van der Waals surface area (Å²) in [4.78, 5) is 18.0. The van der Waals surface area contributed by atoms with E-state index in [2.05, 4.69) is 21.3 Å². The minimum atomic E-state index is -0.400. The van der Waals surface area contributed by atoms with Crippen LogP contribution in [0.2, 0.25) is 0 Å². The van der Waals surface area contributed by atoms with Gasteiger partial charge in [0, 0.05) is 35.4 Å². The fourth-order valence-corrected chi connectivity index (χ4v) is 6.14. The number of aryl methyl sites for hydroxylation is 2. The number of methoxy groups -OCH3 is 1. The number of nitro benzene ring substituents is 1. The number of aromatic nitrogens is 2. The van der Waals surface area contributed by atoms with E-state index in [9.17, 15) is 10.1 Å². The van der Waals surface area contributed by atoms with E-state index >= 15 is 0 Å². The molecule has 0 unspecified atom stereocenters. The number of anilines is 1. The molecule has 0 radical (unpaired) electrons.